The van der Waals surface area contributed by atoms with E-state index >= 15 is 0 Å². The van der Waals surface area contributed by atoms with E-state index in [-0.39, 0.29) is 5.97 Å². The second kappa shape index (κ2) is 10.0. The third kappa shape index (κ3) is 7.05. The van der Waals surface area contributed by atoms with Gasteiger partial charge in [0.05, 0.1) is 5.04 Å². The summed E-state index contributed by atoms with van der Waals surface area (Å²) in [4.78, 5) is 21.1. The number of carbonyl (C=O) groups excluding carboxylic acids is 1. The zero-order valence-electron chi connectivity index (χ0n) is 15.9. The Hall–Kier alpha value is -1.44. The van der Waals surface area contributed by atoms with Crippen LogP contribution >= 0.6 is 11.8 Å². The second-order valence-electron chi connectivity index (χ2n) is 7.19. The molecule has 0 aliphatic carbocycles. The van der Waals surface area contributed by atoms with Crippen molar-refractivity contribution in [1.29, 1.82) is 0 Å². The van der Waals surface area contributed by atoms with E-state index in [4.69, 9.17) is 15.2 Å². The van der Waals surface area contributed by atoms with Crippen LogP contribution in [0.1, 0.15) is 44.9 Å². The fraction of sp³-hybridized carbons (Fsp3) is 0.632. The summed E-state index contributed by atoms with van der Waals surface area (Å²) in [5, 5.41) is 0.878. The van der Waals surface area contributed by atoms with Crippen molar-refractivity contribution in [2.45, 2.75) is 51.7 Å². The minimum Gasteiger partial charge on any atom is -0.458 e. The van der Waals surface area contributed by atoms with Gasteiger partial charge in [-0.3, -0.25) is 9.98 Å². The van der Waals surface area contributed by atoms with Crippen molar-refractivity contribution in [2.24, 2.45) is 10.7 Å². The van der Waals surface area contributed by atoms with E-state index in [0.29, 0.717) is 25.5 Å². The maximum Gasteiger partial charge on any atom is 0.332 e. The Kier molecular flexibility index (Phi) is 8.06. The average Bonchev–Trinajstić information content (AvgIpc) is 3.07. The Balaban J connectivity index is 1.89. The van der Waals surface area contributed by atoms with Crippen molar-refractivity contribution in [3.05, 3.63) is 29.6 Å². The van der Waals surface area contributed by atoms with Gasteiger partial charge in [-0.25, -0.2) is 4.79 Å². The van der Waals surface area contributed by atoms with E-state index in [2.05, 4.69) is 9.98 Å². The lowest BCUT2D eigenvalue weighted by Gasteiger charge is -2.20. The van der Waals surface area contributed by atoms with E-state index in [0.717, 1.165) is 35.6 Å². The molecule has 144 valence electrons. The summed E-state index contributed by atoms with van der Waals surface area (Å²) < 4.78 is 10.9. The minimum absolute atomic E-state index is 0.260. The van der Waals surface area contributed by atoms with Crippen LogP contribution in [0.25, 0.3) is 0 Å². The maximum atomic E-state index is 12.2. The van der Waals surface area contributed by atoms with Crippen LogP contribution in [0.4, 0.5) is 0 Å². The summed E-state index contributed by atoms with van der Waals surface area (Å²) in [6.07, 6.45) is 4.46. The van der Waals surface area contributed by atoms with Crippen molar-refractivity contribution in [3.63, 3.8) is 0 Å². The van der Waals surface area contributed by atoms with Crippen LogP contribution < -0.4 is 5.73 Å². The van der Waals surface area contributed by atoms with Gasteiger partial charge in [-0.15, -0.1) is 11.8 Å². The molecule has 1 aliphatic rings. The summed E-state index contributed by atoms with van der Waals surface area (Å²) in [7, 11) is 0. The number of aryl methyl sites for hydroxylation is 1. The van der Waals surface area contributed by atoms with Gasteiger partial charge in [0.2, 0.25) is 0 Å². The van der Waals surface area contributed by atoms with Gasteiger partial charge in [0.15, 0.2) is 6.04 Å². The molecule has 26 heavy (non-hydrogen) atoms. The summed E-state index contributed by atoms with van der Waals surface area (Å²) in [5.74, 6) is 0.362. The molecule has 6 nitrogen and oxygen atoms in total. The highest BCUT2D eigenvalue weighted by Gasteiger charge is 2.30. The zero-order chi connectivity index (χ0) is 19.0. The molecule has 0 radical (unpaired) electrons. The van der Waals surface area contributed by atoms with Crippen LogP contribution in [0.5, 0.6) is 0 Å². The van der Waals surface area contributed by atoms with Gasteiger partial charge in [-0.1, -0.05) is 0 Å². The molecule has 1 aromatic heterocycles. The Morgan fingerprint density at radius 1 is 1.35 bits per heavy atom. The fourth-order valence-corrected chi connectivity index (χ4v) is 3.43. The monoisotopic (exact) mass is 379 g/mol. The first kappa shape index (κ1) is 20.9. The number of rotatable bonds is 9. The van der Waals surface area contributed by atoms with Crippen LogP contribution in [0, 0.1) is 0 Å². The number of ether oxygens (including phenoxy) is 2. The van der Waals surface area contributed by atoms with Gasteiger partial charge in [0.25, 0.3) is 0 Å². The van der Waals surface area contributed by atoms with E-state index in [1.807, 2.05) is 32.9 Å². The number of aliphatic imine (C=N–C) groups is 1. The normalized spacial score (nSPS) is 17.2. The molecule has 0 amide bonds. The van der Waals surface area contributed by atoms with Crippen LogP contribution in [0.2, 0.25) is 0 Å². The number of hydrogen-bond acceptors (Lipinski definition) is 7. The molecule has 2 N–H and O–H groups in total. The molecule has 1 unspecified atom stereocenters. The lowest BCUT2D eigenvalue weighted by molar-refractivity contribution is -0.155. The van der Waals surface area contributed by atoms with Crippen LogP contribution in [-0.4, -0.2) is 53.2 Å². The Bertz CT molecular complexity index is 629. The van der Waals surface area contributed by atoms with Crippen molar-refractivity contribution in [3.8, 4) is 0 Å². The summed E-state index contributed by atoms with van der Waals surface area (Å²) in [6.45, 7) is 7.69. The van der Waals surface area contributed by atoms with Crippen LogP contribution in [-0.2, 0) is 20.7 Å². The molecule has 0 saturated heterocycles. The predicted molar refractivity (Wildman–Crippen MR) is 106 cm³/mol. The first-order chi connectivity index (χ1) is 12.4. The number of aromatic nitrogens is 1. The molecular weight excluding hydrogens is 350 g/mol. The number of thioether (sulfide) groups is 1. The van der Waals surface area contributed by atoms with Gasteiger partial charge >= 0.3 is 5.97 Å². The van der Waals surface area contributed by atoms with E-state index in [1.165, 1.54) is 0 Å². The first-order valence-electron chi connectivity index (χ1n) is 9.05. The number of esters is 1. The molecule has 2 rings (SSSR count). The highest BCUT2D eigenvalue weighted by atomic mass is 32.2. The third-order valence-corrected chi connectivity index (χ3v) is 4.70. The summed E-state index contributed by atoms with van der Waals surface area (Å²) in [6, 6.07) is 3.55. The van der Waals surface area contributed by atoms with Gasteiger partial charge in [-0.05, 0) is 58.7 Å². The average molecular weight is 380 g/mol. The molecule has 0 aromatic carbocycles. The topological polar surface area (TPSA) is 86.8 Å². The predicted octanol–water partition coefficient (Wildman–Crippen LogP) is 2.58. The Labute approximate surface area is 160 Å². The number of carbonyl (C=O) groups is 1. The Morgan fingerprint density at radius 2 is 2.12 bits per heavy atom. The number of nitrogens with zero attached hydrogens (tertiary/aromatic N) is 2. The molecule has 0 saturated carbocycles. The lowest BCUT2D eigenvalue weighted by Crippen LogP contribution is -2.31. The van der Waals surface area contributed by atoms with E-state index in [9.17, 15) is 4.79 Å². The van der Waals surface area contributed by atoms with Gasteiger partial charge in [0, 0.05) is 36.4 Å². The fourth-order valence-electron chi connectivity index (χ4n) is 2.41. The molecule has 0 bridgehead atoms. The molecule has 0 spiro atoms. The standard InChI is InChI=1S/C19H29N3O3S/c1-19(2,3)25-18(23)16-13-26-17(22-16)14-7-9-21-15(12-14)6-4-10-24-11-5-8-20/h7,9,12,16H,4-6,8,10-11,13,20H2,1-3H3. The highest BCUT2D eigenvalue weighted by Crippen LogP contribution is 2.25. The first-order valence-corrected chi connectivity index (χ1v) is 10.0. The summed E-state index contributed by atoms with van der Waals surface area (Å²) >= 11 is 1.59. The summed E-state index contributed by atoms with van der Waals surface area (Å²) in [5.41, 5.74) is 6.96. The number of hydrogen-bond donors (Lipinski definition) is 1. The van der Waals surface area contributed by atoms with Gasteiger partial charge in [0.1, 0.15) is 5.60 Å². The van der Waals surface area contributed by atoms with Crippen molar-refractivity contribution >= 4 is 22.8 Å². The second-order valence-corrected chi connectivity index (χ2v) is 8.20. The largest absolute Gasteiger partial charge is 0.458 e. The molecule has 0 fully saturated rings. The Morgan fingerprint density at radius 3 is 2.85 bits per heavy atom. The van der Waals surface area contributed by atoms with Crippen molar-refractivity contribution in [1.82, 2.24) is 4.98 Å². The van der Waals surface area contributed by atoms with Crippen molar-refractivity contribution in [2.75, 3.05) is 25.5 Å². The molecule has 1 aliphatic heterocycles. The SMILES string of the molecule is CC(C)(C)OC(=O)C1CSC(c2ccnc(CCCOCCCN)c2)=N1. The highest BCUT2D eigenvalue weighted by molar-refractivity contribution is 8.14. The van der Waals surface area contributed by atoms with E-state index < -0.39 is 11.6 Å². The number of nitrogens with two attached hydrogens (primary N) is 1. The molecule has 1 aromatic rings. The van der Waals surface area contributed by atoms with E-state index in [1.54, 1.807) is 18.0 Å². The minimum atomic E-state index is -0.490. The number of pyridine rings is 1. The third-order valence-electron chi connectivity index (χ3n) is 3.61. The smallest absolute Gasteiger partial charge is 0.332 e. The van der Waals surface area contributed by atoms with Crippen LogP contribution in [0.15, 0.2) is 23.3 Å². The maximum absolute atomic E-state index is 12.2. The van der Waals surface area contributed by atoms with Gasteiger partial charge in [-0.2, -0.15) is 0 Å². The van der Waals surface area contributed by atoms with Crippen molar-refractivity contribution < 1.29 is 14.3 Å². The quantitative estimate of drug-likeness (QED) is 0.524. The van der Waals surface area contributed by atoms with Gasteiger partial charge < -0.3 is 15.2 Å². The lowest BCUT2D eigenvalue weighted by atomic mass is 10.1. The molecule has 1 atom stereocenters. The molecular formula is C19H29N3O3S. The zero-order valence-corrected chi connectivity index (χ0v) is 16.7. The molecule has 7 heteroatoms. The van der Waals surface area contributed by atoms with Crippen LogP contribution in [0.3, 0.4) is 0 Å². The molecule has 2 heterocycles.